The number of aromatic nitrogens is 4. The lowest BCUT2D eigenvalue weighted by Gasteiger charge is -2.09. The van der Waals surface area contributed by atoms with Crippen molar-refractivity contribution < 1.29 is 23.5 Å². The number of benzene rings is 1. The molecule has 3 aromatic rings. The second-order valence-electron chi connectivity index (χ2n) is 5.00. The van der Waals surface area contributed by atoms with Crippen LogP contribution in [0.15, 0.2) is 43.0 Å². The molecule has 3 rings (SSSR count). The van der Waals surface area contributed by atoms with E-state index in [1.807, 2.05) is 0 Å². The number of carbonyl (C=O) groups excluding carboxylic acids is 1. The van der Waals surface area contributed by atoms with Crippen LogP contribution in [-0.4, -0.2) is 37.1 Å². The van der Waals surface area contributed by atoms with Gasteiger partial charge in [0.25, 0.3) is 5.91 Å². The van der Waals surface area contributed by atoms with Gasteiger partial charge in [0.1, 0.15) is 6.33 Å². The Morgan fingerprint density at radius 2 is 1.69 bits per heavy atom. The van der Waals surface area contributed by atoms with Gasteiger partial charge >= 0.3 is 5.97 Å². The molecule has 1 amide bonds. The summed E-state index contributed by atoms with van der Waals surface area (Å²) in [5.41, 5.74) is -0.138. The molecule has 0 spiro atoms. The molecule has 0 bridgehead atoms. The van der Waals surface area contributed by atoms with E-state index in [0.717, 1.165) is 0 Å². The maximum absolute atomic E-state index is 13.4. The minimum atomic E-state index is -1.52. The van der Waals surface area contributed by atoms with Gasteiger partial charge in [-0.2, -0.15) is 0 Å². The van der Waals surface area contributed by atoms with Gasteiger partial charge < -0.3 is 10.4 Å². The number of halogens is 2. The molecular formula is C16H9F2N5O3. The van der Waals surface area contributed by atoms with Crippen LogP contribution in [0, 0.1) is 11.6 Å². The molecule has 0 aliphatic carbocycles. The molecule has 0 aliphatic rings. The predicted octanol–water partition coefficient (Wildman–Crippen LogP) is 2.16. The molecule has 2 aromatic heterocycles. The first-order valence-corrected chi connectivity index (χ1v) is 7.08. The molecule has 0 atom stereocenters. The van der Waals surface area contributed by atoms with E-state index in [1.54, 1.807) is 0 Å². The highest BCUT2D eigenvalue weighted by molar-refractivity contribution is 6.06. The Hall–Kier alpha value is -3.82. The Labute approximate surface area is 144 Å². The normalized spacial score (nSPS) is 10.4. The number of aromatic carboxylic acids is 1. The van der Waals surface area contributed by atoms with Gasteiger partial charge in [-0.05, 0) is 18.2 Å². The average Bonchev–Trinajstić information content (AvgIpc) is 2.65. The summed E-state index contributed by atoms with van der Waals surface area (Å²) in [6.45, 7) is 0. The van der Waals surface area contributed by atoms with Gasteiger partial charge in [0.15, 0.2) is 17.3 Å². The molecule has 0 aliphatic heterocycles. The molecule has 0 radical (unpaired) electrons. The van der Waals surface area contributed by atoms with Crippen molar-refractivity contribution in [2.45, 2.75) is 0 Å². The third kappa shape index (κ3) is 3.48. The molecule has 2 heterocycles. The highest BCUT2D eigenvalue weighted by Gasteiger charge is 2.18. The maximum Gasteiger partial charge on any atom is 0.337 e. The molecule has 8 nitrogen and oxygen atoms in total. The van der Waals surface area contributed by atoms with Crippen LogP contribution in [0.1, 0.15) is 20.8 Å². The van der Waals surface area contributed by atoms with Crippen molar-refractivity contribution in [1.29, 1.82) is 0 Å². The van der Waals surface area contributed by atoms with Crippen LogP contribution in [0.4, 0.5) is 14.5 Å². The third-order valence-electron chi connectivity index (χ3n) is 3.29. The molecule has 26 heavy (non-hydrogen) atoms. The molecule has 0 saturated heterocycles. The minimum Gasteiger partial charge on any atom is -0.478 e. The smallest absolute Gasteiger partial charge is 0.337 e. The quantitative estimate of drug-likeness (QED) is 0.734. The molecule has 0 unspecified atom stereocenters. The summed E-state index contributed by atoms with van der Waals surface area (Å²) in [6, 6.07) is 3.90. The Morgan fingerprint density at radius 3 is 2.31 bits per heavy atom. The van der Waals surface area contributed by atoms with Gasteiger partial charge in [-0.3, -0.25) is 4.79 Å². The van der Waals surface area contributed by atoms with Crippen molar-refractivity contribution in [2.24, 2.45) is 0 Å². The number of carboxylic acids is 1. The van der Waals surface area contributed by atoms with Crippen molar-refractivity contribution in [2.75, 3.05) is 5.32 Å². The Bertz CT molecular complexity index is 981. The van der Waals surface area contributed by atoms with E-state index in [4.69, 9.17) is 5.11 Å². The number of hydrogen-bond acceptors (Lipinski definition) is 6. The van der Waals surface area contributed by atoms with E-state index >= 15 is 0 Å². The summed E-state index contributed by atoms with van der Waals surface area (Å²) < 4.78 is 26.6. The van der Waals surface area contributed by atoms with Crippen LogP contribution in [-0.2, 0) is 0 Å². The van der Waals surface area contributed by atoms with Gasteiger partial charge in [-0.25, -0.2) is 23.5 Å². The van der Waals surface area contributed by atoms with Gasteiger partial charge in [0.2, 0.25) is 0 Å². The number of nitrogens with zero attached hydrogens (tertiary/aromatic N) is 4. The van der Waals surface area contributed by atoms with Crippen LogP contribution in [0.5, 0.6) is 0 Å². The Kier molecular flexibility index (Phi) is 4.56. The summed E-state index contributed by atoms with van der Waals surface area (Å²) in [6.07, 6.45) is 4.37. The van der Waals surface area contributed by atoms with E-state index in [-0.39, 0.29) is 5.69 Å². The zero-order valence-corrected chi connectivity index (χ0v) is 12.8. The van der Waals surface area contributed by atoms with E-state index in [0.29, 0.717) is 23.4 Å². The first-order chi connectivity index (χ1) is 12.5. The fourth-order valence-electron chi connectivity index (χ4n) is 2.05. The summed E-state index contributed by atoms with van der Waals surface area (Å²) in [5, 5.41) is 18.8. The van der Waals surface area contributed by atoms with Crippen LogP contribution in [0.25, 0.3) is 11.3 Å². The van der Waals surface area contributed by atoms with Crippen molar-refractivity contribution in [3.05, 3.63) is 65.9 Å². The highest BCUT2D eigenvalue weighted by Crippen LogP contribution is 2.21. The van der Waals surface area contributed by atoms with Crippen molar-refractivity contribution in [3.8, 4) is 11.3 Å². The van der Waals surface area contributed by atoms with E-state index < -0.39 is 34.8 Å². The fraction of sp³-hybridized carbons (Fsp3) is 0. The summed E-state index contributed by atoms with van der Waals surface area (Å²) in [7, 11) is 0. The average molecular weight is 357 g/mol. The van der Waals surface area contributed by atoms with E-state index in [2.05, 4.69) is 25.5 Å². The molecule has 0 fully saturated rings. The lowest BCUT2D eigenvalue weighted by molar-refractivity contribution is 0.0697. The summed E-state index contributed by atoms with van der Waals surface area (Å²) in [5.74, 6) is -4.99. The van der Waals surface area contributed by atoms with E-state index in [9.17, 15) is 18.4 Å². The monoisotopic (exact) mass is 357 g/mol. The predicted molar refractivity (Wildman–Crippen MR) is 84.3 cm³/mol. The van der Waals surface area contributed by atoms with Gasteiger partial charge in [0, 0.05) is 24.0 Å². The van der Waals surface area contributed by atoms with Crippen LogP contribution in [0.3, 0.4) is 0 Å². The number of anilines is 1. The Balaban J connectivity index is 1.85. The zero-order chi connectivity index (χ0) is 18.7. The summed E-state index contributed by atoms with van der Waals surface area (Å²) in [4.78, 5) is 31.0. The van der Waals surface area contributed by atoms with Crippen molar-refractivity contribution >= 4 is 17.6 Å². The number of hydrogen-bond donors (Lipinski definition) is 2. The minimum absolute atomic E-state index is 0.147. The number of carbonyl (C=O) groups is 2. The summed E-state index contributed by atoms with van der Waals surface area (Å²) >= 11 is 0. The second-order valence-corrected chi connectivity index (χ2v) is 5.00. The van der Waals surface area contributed by atoms with Crippen molar-refractivity contribution in [3.63, 3.8) is 0 Å². The number of carboxylic acid groups (broad SMARTS) is 1. The fourth-order valence-corrected chi connectivity index (χ4v) is 2.05. The Morgan fingerprint density at radius 1 is 1.00 bits per heavy atom. The highest BCUT2D eigenvalue weighted by atomic mass is 19.2. The van der Waals surface area contributed by atoms with Crippen LogP contribution >= 0.6 is 0 Å². The second kappa shape index (κ2) is 6.97. The molecule has 0 saturated carbocycles. The van der Waals surface area contributed by atoms with Gasteiger partial charge in [-0.15, -0.1) is 10.2 Å². The maximum atomic E-state index is 13.4. The van der Waals surface area contributed by atoms with Crippen molar-refractivity contribution in [1.82, 2.24) is 20.2 Å². The lowest BCUT2D eigenvalue weighted by Crippen LogP contribution is -2.17. The third-order valence-corrected chi connectivity index (χ3v) is 3.29. The van der Waals surface area contributed by atoms with E-state index in [1.165, 1.54) is 30.9 Å². The molecule has 10 heteroatoms. The number of amides is 1. The zero-order valence-electron chi connectivity index (χ0n) is 12.8. The molecule has 1 aromatic carbocycles. The topological polar surface area (TPSA) is 118 Å². The lowest BCUT2D eigenvalue weighted by atomic mass is 10.1. The van der Waals surface area contributed by atoms with Gasteiger partial charge in [0.05, 0.1) is 16.9 Å². The SMILES string of the molecule is O=C(Nc1cc(F)c(F)cc1C(=O)O)c1ccc(-c2cncnc2)nn1. The van der Waals surface area contributed by atoms with Gasteiger partial charge in [-0.1, -0.05) is 0 Å². The van der Waals surface area contributed by atoms with Crippen LogP contribution < -0.4 is 5.32 Å². The number of rotatable bonds is 4. The molecule has 2 N–H and O–H groups in total. The molecule has 130 valence electrons. The first-order valence-electron chi connectivity index (χ1n) is 7.08. The largest absolute Gasteiger partial charge is 0.478 e. The standard InChI is InChI=1S/C16H9F2N5O3/c17-10-3-9(16(25)26)14(4-11(10)18)21-15(24)13-2-1-12(22-23-13)8-5-19-7-20-6-8/h1-7H,(H,21,24)(H,25,26). The van der Waals surface area contributed by atoms with Crippen LogP contribution in [0.2, 0.25) is 0 Å². The first kappa shape index (κ1) is 17.0. The molecular weight excluding hydrogens is 348 g/mol. The number of nitrogens with one attached hydrogen (secondary N) is 1.